The Balaban J connectivity index is 1.62. The van der Waals surface area contributed by atoms with Crippen molar-refractivity contribution in [1.82, 2.24) is 0 Å². The SMILES string of the molecule is CC1(C)OB(C2(c3cccc4oc5ccccc5c34)CC=Cc3oc4ccccc4c32)OC1(C)C. The summed E-state index contributed by atoms with van der Waals surface area (Å²) in [7, 11) is -0.517. The van der Waals surface area contributed by atoms with Crippen molar-refractivity contribution in [1.29, 1.82) is 0 Å². The molecule has 0 saturated carbocycles. The molecule has 1 aliphatic heterocycles. The minimum atomic E-state index is -0.631. The molecular formula is C30H27BO4. The molecule has 2 aromatic heterocycles. The molecule has 0 radical (unpaired) electrons. The Morgan fingerprint density at radius 2 is 1.31 bits per heavy atom. The van der Waals surface area contributed by atoms with Crippen molar-refractivity contribution in [3.63, 3.8) is 0 Å². The fourth-order valence-corrected chi connectivity index (χ4v) is 5.87. The Kier molecular flexibility index (Phi) is 4.15. The molecule has 1 saturated heterocycles. The molecule has 0 spiro atoms. The molecule has 35 heavy (non-hydrogen) atoms. The first-order chi connectivity index (χ1) is 16.8. The summed E-state index contributed by atoms with van der Waals surface area (Å²) in [5, 5.41) is 2.65. The summed E-state index contributed by atoms with van der Waals surface area (Å²) in [6, 6.07) is 22.8. The van der Waals surface area contributed by atoms with Crippen molar-refractivity contribution in [3.8, 4) is 0 Å². The predicted molar refractivity (Wildman–Crippen MR) is 140 cm³/mol. The summed E-state index contributed by atoms with van der Waals surface area (Å²) in [6.07, 6.45) is 5.00. The Morgan fingerprint density at radius 1 is 0.686 bits per heavy atom. The summed E-state index contributed by atoms with van der Waals surface area (Å²) in [5.41, 5.74) is 3.92. The van der Waals surface area contributed by atoms with Crippen molar-refractivity contribution < 1.29 is 18.1 Å². The van der Waals surface area contributed by atoms with Gasteiger partial charge in [-0.1, -0.05) is 54.6 Å². The van der Waals surface area contributed by atoms with Crippen LogP contribution in [0.25, 0.3) is 39.0 Å². The maximum atomic E-state index is 6.85. The average molecular weight is 462 g/mol. The van der Waals surface area contributed by atoms with Crippen molar-refractivity contribution in [2.24, 2.45) is 0 Å². The van der Waals surface area contributed by atoms with Crippen LogP contribution in [0.3, 0.4) is 0 Å². The van der Waals surface area contributed by atoms with Crippen molar-refractivity contribution in [2.45, 2.75) is 50.6 Å². The fraction of sp³-hybridized carbons (Fsp3) is 0.267. The lowest BCUT2D eigenvalue weighted by atomic mass is 9.47. The molecule has 4 nitrogen and oxygen atoms in total. The number of rotatable bonds is 2. The van der Waals surface area contributed by atoms with E-state index in [1.807, 2.05) is 30.3 Å². The molecule has 1 unspecified atom stereocenters. The topological polar surface area (TPSA) is 44.7 Å². The number of hydrogen-bond donors (Lipinski definition) is 0. The third kappa shape index (κ3) is 2.71. The highest BCUT2D eigenvalue weighted by atomic mass is 16.7. The van der Waals surface area contributed by atoms with Gasteiger partial charge in [0, 0.05) is 21.7 Å². The van der Waals surface area contributed by atoms with Crippen LogP contribution in [0.4, 0.5) is 0 Å². The zero-order valence-electron chi connectivity index (χ0n) is 20.4. The smallest absolute Gasteiger partial charge is 0.456 e. The third-order valence-corrected chi connectivity index (χ3v) is 8.32. The molecule has 3 aromatic carbocycles. The van der Waals surface area contributed by atoms with E-state index in [9.17, 15) is 0 Å². The van der Waals surface area contributed by atoms with Gasteiger partial charge >= 0.3 is 7.12 Å². The second-order valence-electron chi connectivity index (χ2n) is 10.8. The third-order valence-electron chi connectivity index (χ3n) is 8.32. The number of fused-ring (bicyclic) bond motifs is 6. The van der Waals surface area contributed by atoms with E-state index in [-0.39, 0.29) is 0 Å². The first-order valence-corrected chi connectivity index (χ1v) is 12.3. The van der Waals surface area contributed by atoms with E-state index < -0.39 is 23.6 Å². The first kappa shape index (κ1) is 21.0. The monoisotopic (exact) mass is 462 g/mol. The van der Waals surface area contributed by atoms with E-state index in [2.05, 4.69) is 76.2 Å². The summed E-state index contributed by atoms with van der Waals surface area (Å²) in [5.74, 6) is 0.858. The highest BCUT2D eigenvalue weighted by molar-refractivity contribution is 6.52. The van der Waals surface area contributed by atoms with Gasteiger partial charge in [0.1, 0.15) is 22.5 Å². The van der Waals surface area contributed by atoms with Crippen LogP contribution in [0.5, 0.6) is 0 Å². The first-order valence-electron chi connectivity index (χ1n) is 12.3. The van der Waals surface area contributed by atoms with Crippen LogP contribution in [-0.4, -0.2) is 18.3 Å². The van der Waals surface area contributed by atoms with Crippen molar-refractivity contribution >= 4 is 46.1 Å². The Bertz CT molecular complexity index is 1640. The lowest BCUT2D eigenvalue weighted by Crippen LogP contribution is -2.48. The molecule has 0 N–H and O–H groups in total. The Morgan fingerprint density at radius 3 is 2.06 bits per heavy atom. The van der Waals surface area contributed by atoms with Crippen LogP contribution in [0.2, 0.25) is 0 Å². The summed E-state index contributed by atoms with van der Waals surface area (Å²) >= 11 is 0. The van der Waals surface area contributed by atoms with Crippen LogP contribution in [0.15, 0.2) is 81.6 Å². The summed E-state index contributed by atoms with van der Waals surface area (Å²) in [6.45, 7) is 8.45. The standard InChI is InChI=1S/C30H27BO4/c1-28(2)29(3,4)35-31(34-28)30(18-10-17-25-27(30)20-12-6-8-15-23(20)33-25)21-13-9-16-24-26(21)19-11-5-7-14-22(19)32-24/h5-17H,18H2,1-4H3. The Labute approximate surface area is 204 Å². The number of hydrogen-bond acceptors (Lipinski definition) is 4. The molecule has 1 aliphatic carbocycles. The predicted octanol–water partition coefficient (Wildman–Crippen LogP) is 7.67. The van der Waals surface area contributed by atoms with Gasteiger partial charge in [0.05, 0.1) is 16.5 Å². The van der Waals surface area contributed by atoms with E-state index in [0.29, 0.717) is 0 Å². The molecule has 1 atom stereocenters. The van der Waals surface area contributed by atoms with Gasteiger partial charge in [0.15, 0.2) is 0 Å². The maximum Gasteiger partial charge on any atom is 0.474 e. The number of benzene rings is 3. The van der Waals surface area contributed by atoms with Crippen molar-refractivity contribution in [3.05, 3.63) is 89.7 Å². The van der Waals surface area contributed by atoms with E-state index >= 15 is 0 Å². The minimum absolute atomic E-state index is 0.474. The van der Waals surface area contributed by atoms with Gasteiger partial charge in [-0.25, -0.2) is 0 Å². The molecule has 3 heterocycles. The number of allylic oxidation sites excluding steroid dienone is 1. The second kappa shape index (κ2) is 6.90. The zero-order chi connectivity index (χ0) is 24.0. The van der Waals surface area contributed by atoms with Gasteiger partial charge in [0.2, 0.25) is 0 Å². The highest BCUT2D eigenvalue weighted by Gasteiger charge is 2.62. The van der Waals surface area contributed by atoms with Gasteiger partial charge in [0.25, 0.3) is 0 Å². The Hall–Kier alpha value is -3.28. The lowest BCUT2D eigenvalue weighted by molar-refractivity contribution is 0.00578. The van der Waals surface area contributed by atoms with Gasteiger partial charge in [-0.15, -0.1) is 0 Å². The van der Waals surface area contributed by atoms with Gasteiger partial charge in [-0.05, 0) is 64.0 Å². The lowest BCUT2D eigenvalue weighted by Gasteiger charge is -2.37. The van der Waals surface area contributed by atoms with E-state index in [1.165, 1.54) is 0 Å². The molecule has 2 aliphatic rings. The van der Waals surface area contributed by atoms with Crippen molar-refractivity contribution in [2.75, 3.05) is 0 Å². The number of furan rings is 2. The minimum Gasteiger partial charge on any atom is -0.456 e. The van der Waals surface area contributed by atoms with Crippen LogP contribution in [-0.2, 0) is 14.6 Å². The average Bonchev–Trinajstić information content (AvgIpc) is 3.47. The van der Waals surface area contributed by atoms with Crippen LogP contribution >= 0.6 is 0 Å². The van der Waals surface area contributed by atoms with Gasteiger partial charge in [-0.2, -0.15) is 0 Å². The maximum absolute atomic E-state index is 6.85. The van der Waals surface area contributed by atoms with Gasteiger partial charge < -0.3 is 18.1 Å². The zero-order valence-corrected chi connectivity index (χ0v) is 20.4. The van der Waals surface area contributed by atoms with E-state index in [4.69, 9.17) is 18.1 Å². The van der Waals surface area contributed by atoms with E-state index in [0.717, 1.165) is 56.2 Å². The van der Waals surface area contributed by atoms with E-state index in [1.54, 1.807) is 0 Å². The van der Waals surface area contributed by atoms with Crippen LogP contribution in [0.1, 0.15) is 51.0 Å². The fourth-order valence-electron chi connectivity index (χ4n) is 5.87. The molecule has 174 valence electrons. The quantitative estimate of drug-likeness (QED) is 0.253. The number of para-hydroxylation sites is 2. The normalized spacial score (nSPS) is 22.9. The van der Waals surface area contributed by atoms with Crippen LogP contribution in [0, 0.1) is 0 Å². The molecule has 5 aromatic rings. The largest absolute Gasteiger partial charge is 0.474 e. The molecule has 7 rings (SSSR count). The molecule has 1 fully saturated rings. The second-order valence-corrected chi connectivity index (χ2v) is 10.8. The summed E-state index contributed by atoms with van der Waals surface area (Å²) < 4.78 is 26.4. The van der Waals surface area contributed by atoms with Crippen LogP contribution < -0.4 is 0 Å². The molecular weight excluding hydrogens is 435 g/mol. The summed E-state index contributed by atoms with van der Waals surface area (Å²) in [4.78, 5) is 0. The highest BCUT2D eigenvalue weighted by Crippen LogP contribution is 2.54. The molecule has 5 heteroatoms. The molecule has 0 amide bonds. The van der Waals surface area contributed by atoms with Gasteiger partial charge in [-0.3, -0.25) is 0 Å². The molecule has 0 bridgehead atoms.